The average molecular weight is 451 g/mol. The van der Waals surface area contributed by atoms with Gasteiger partial charge < -0.3 is 16.2 Å². The number of fused-ring (bicyclic) bond motifs is 1. The van der Waals surface area contributed by atoms with Crippen molar-refractivity contribution < 1.29 is 9.53 Å². The number of rotatable bonds is 6. The summed E-state index contributed by atoms with van der Waals surface area (Å²) in [6.45, 7) is 2.24. The number of anilines is 1. The standard InChI is InChI=1S/C25H21N7O2/c1-14-8-9-18-17(12-29-32-18)22(14)16-11-20(31-24(23(16)26)25(27)33)19-6-4-7-21(30-19)34-13-15-5-2-3-10-28-15/h2-12H,13,26H2,1H3,(H2,27,33)(H,29,32). The summed E-state index contributed by atoms with van der Waals surface area (Å²) in [6, 6.07) is 16.7. The lowest BCUT2D eigenvalue weighted by molar-refractivity contribution is 0.0996. The van der Waals surface area contributed by atoms with Gasteiger partial charge in [0.25, 0.3) is 5.91 Å². The van der Waals surface area contributed by atoms with Crippen molar-refractivity contribution >= 4 is 22.5 Å². The van der Waals surface area contributed by atoms with Crippen LogP contribution in [-0.2, 0) is 6.61 Å². The summed E-state index contributed by atoms with van der Waals surface area (Å²) >= 11 is 0. The molecule has 0 radical (unpaired) electrons. The van der Waals surface area contributed by atoms with Crippen LogP contribution in [0.2, 0.25) is 0 Å². The predicted octanol–water partition coefficient (Wildman–Crippen LogP) is 3.65. The van der Waals surface area contributed by atoms with Crippen LogP contribution in [0.25, 0.3) is 33.4 Å². The van der Waals surface area contributed by atoms with Crippen LogP contribution in [0, 0.1) is 6.92 Å². The number of aromatic nitrogens is 5. The number of ether oxygens (including phenoxy) is 1. The summed E-state index contributed by atoms with van der Waals surface area (Å²) < 4.78 is 5.81. The number of hydrogen-bond donors (Lipinski definition) is 3. The maximum Gasteiger partial charge on any atom is 0.269 e. The first-order chi connectivity index (χ1) is 16.5. The second-order valence-electron chi connectivity index (χ2n) is 7.74. The van der Waals surface area contributed by atoms with Crippen molar-refractivity contribution in [2.45, 2.75) is 13.5 Å². The number of pyridine rings is 3. The summed E-state index contributed by atoms with van der Waals surface area (Å²) in [5.74, 6) is -0.322. The second-order valence-corrected chi connectivity index (χ2v) is 7.74. The zero-order chi connectivity index (χ0) is 23.7. The molecule has 0 fully saturated rings. The highest BCUT2D eigenvalue weighted by molar-refractivity contribution is 6.05. The molecule has 34 heavy (non-hydrogen) atoms. The van der Waals surface area contributed by atoms with E-state index in [0.29, 0.717) is 22.8 Å². The third-order valence-corrected chi connectivity index (χ3v) is 5.47. The number of carbonyl (C=O) groups excluding carboxylic acids is 1. The molecule has 9 nitrogen and oxygen atoms in total. The molecule has 1 amide bonds. The number of amides is 1. The number of nitrogens with two attached hydrogens (primary N) is 2. The fourth-order valence-electron chi connectivity index (χ4n) is 3.83. The van der Waals surface area contributed by atoms with Gasteiger partial charge in [-0.15, -0.1) is 0 Å². The Morgan fingerprint density at radius 2 is 1.94 bits per heavy atom. The molecule has 0 bridgehead atoms. The van der Waals surface area contributed by atoms with Gasteiger partial charge in [-0.1, -0.05) is 18.2 Å². The van der Waals surface area contributed by atoms with E-state index in [1.807, 2.05) is 37.3 Å². The first-order valence-corrected chi connectivity index (χ1v) is 10.5. The van der Waals surface area contributed by atoms with Crippen molar-refractivity contribution in [2.24, 2.45) is 5.73 Å². The number of benzene rings is 1. The molecule has 1 aromatic carbocycles. The number of H-pyrrole nitrogens is 1. The lowest BCUT2D eigenvalue weighted by Gasteiger charge is -2.15. The van der Waals surface area contributed by atoms with Crippen LogP contribution in [-0.4, -0.2) is 31.1 Å². The number of carbonyl (C=O) groups is 1. The van der Waals surface area contributed by atoms with Gasteiger partial charge in [0.1, 0.15) is 6.61 Å². The third-order valence-electron chi connectivity index (χ3n) is 5.47. The number of hydrogen-bond acceptors (Lipinski definition) is 7. The van der Waals surface area contributed by atoms with Crippen molar-refractivity contribution in [3.63, 3.8) is 0 Å². The number of aromatic amines is 1. The largest absolute Gasteiger partial charge is 0.471 e. The number of aryl methyl sites for hydroxylation is 1. The molecule has 0 atom stereocenters. The molecular formula is C25H21N7O2. The van der Waals surface area contributed by atoms with Crippen molar-refractivity contribution in [3.05, 3.63) is 83.9 Å². The first-order valence-electron chi connectivity index (χ1n) is 10.5. The molecule has 5 aromatic rings. The molecule has 0 aliphatic heterocycles. The zero-order valence-electron chi connectivity index (χ0n) is 18.3. The fourth-order valence-corrected chi connectivity index (χ4v) is 3.83. The molecule has 5 rings (SSSR count). The Labute approximate surface area is 194 Å². The van der Waals surface area contributed by atoms with Gasteiger partial charge in [0.2, 0.25) is 5.88 Å². The molecule has 168 valence electrons. The van der Waals surface area contributed by atoms with Crippen LogP contribution in [0.1, 0.15) is 21.7 Å². The van der Waals surface area contributed by atoms with Crippen molar-refractivity contribution in [1.82, 2.24) is 25.1 Å². The van der Waals surface area contributed by atoms with E-state index < -0.39 is 5.91 Å². The van der Waals surface area contributed by atoms with Crippen LogP contribution >= 0.6 is 0 Å². The Hall–Kier alpha value is -4.79. The number of nitrogen functional groups attached to an aromatic ring is 1. The van der Waals surface area contributed by atoms with Gasteiger partial charge in [0, 0.05) is 23.2 Å². The predicted molar refractivity (Wildman–Crippen MR) is 129 cm³/mol. The Kier molecular flexibility index (Phi) is 5.35. The molecule has 0 spiro atoms. The lowest BCUT2D eigenvalue weighted by Crippen LogP contribution is -2.17. The fraction of sp³-hybridized carbons (Fsp3) is 0.0800. The van der Waals surface area contributed by atoms with Gasteiger partial charge >= 0.3 is 0 Å². The van der Waals surface area contributed by atoms with Gasteiger partial charge in [-0.05, 0) is 48.4 Å². The van der Waals surface area contributed by atoms with E-state index >= 15 is 0 Å². The van der Waals surface area contributed by atoms with Gasteiger partial charge in [0.05, 0.1) is 34.5 Å². The van der Waals surface area contributed by atoms with E-state index in [1.54, 1.807) is 36.7 Å². The van der Waals surface area contributed by atoms with Crippen LogP contribution in [0.5, 0.6) is 5.88 Å². The van der Waals surface area contributed by atoms with Gasteiger partial charge in [-0.3, -0.25) is 14.9 Å². The smallest absolute Gasteiger partial charge is 0.269 e. The maximum absolute atomic E-state index is 12.2. The number of nitrogens with one attached hydrogen (secondary N) is 1. The molecule has 4 heterocycles. The second kappa shape index (κ2) is 8.62. The van der Waals surface area contributed by atoms with Crippen molar-refractivity contribution in [2.75, 3.05) is 5.73 Å². The Balaban J connectivity index is 1.60. The van der Waals surface area contributed by atoms with Crippen LogP contribution < -0.4 is 16.2 Å². The number of nitrogens with zero attached hydrogens (tertiary/aromatic N) is 4. The number of primary amides is 1. The minimum Gasteiger partial charge on any atom is -0.471 e. The van der Waals surface area contributed by atoms with Crippen LogP contribution in [0.4, 0.5) is 5.69 Å². The lowest BCUT2D eigenvalue weighted by atomic mass is 9.94. The maximum atomic E-state index is 12.2. The molecule has 0 aliphatic rings. The average Bonchev–Trinajstić information content (AvgIpc) is 3.33. The monoisotopic (exact) mass is 451 g/mol. The quantitative estimate of drug-likeness (QED) is 0.357. The Morgan fingerprint density at radius 1 is 1.06 bits per heavy atom. The van der Waals surface area contributed by atoms with Crippen molar-refractivity contribution in [3.8, 4) is 28.4 Å². The van der Waals surface area contributed by atoms with E-state index in [2.05, 4.69) is 25.1 Å². The van der Waals surface area contributed by atoms with E-state index in [1.165, 1.54) is 0 Å². The van der Waals surface area contributed by atoms with Crippen LogP contribution in [0.15, 0.2) is 67.0 Å². The van der Waals surface area contributed by atoms with Gasteiger partial charge in [-0.2, -0.15) is 5.10 Å². The summed E-state index contributed by atoms with van der Waals surface area (Å²) in [5.41, 5.74) is 17.2. The molecule has 4 aromatic heterocycles. The van der Waals surface area contributed by atoms with E-state index in [4.69, 9.17) is 16.2 Å². The highest BCUT2D eigenvalue weighted by Crippen LogP contribution is 2.37. The summed E-state index contributed by atoms with van der Waals surface area (Å²) in [4.78, 5) is 25.5. The topological polar surface area (TPSA) is 146 Å². The van der Waals surface area contributed by atoms with E-state index in [0.717, 1.165) is 27.7 Å². The summed E-state index contributed by atoms with van der Waals surface area (Å²) in [5, 5.41) is 7.98. The zero-order valence-corrected chi connectivity index (χ0v) is 18.3. The molecule has 9 heteroatoms. The minimum atomic E-state index is -0.722. The first kappa shape index (κ1) is 21.1. The summed E-state index contributed by atoms with van der Waals surface area (Å²) in [6.07, 6.45) is 3.43. The Morgan fingerprint density at radius 3 is 2.74 bits per heavy atom. The van der Waals surface area contributed by atoms with Crippen LogP contribution in [0.3, 0.4) is 0 Å². The third kappa shape index (κ3) is 3.90. The van der Waals surface area contributed by atoms with Gasteiger partial charge in [-0.25, -0.2) is 9.97 Å². The molecule has 0 saturated carbocycles. The normalized spacial score (nSPS) is 11.0. The molecule has 0 unspecified atom stereocenters. The Bertz CT molecular complexity index is 1510. The SMILES string of the molecule is Cc1ccc2[nH]ncc2c1-c1cc(-c2cccc(OCc3ccccn3)n2)nc(C(N)=O)c1N. The minimum absolute atomic E-state index is 0.0194. The van der Waals surface area contributed by atoms with Gasteiger partial charge in [0.15, 0.2) is 5.69 Å². The molecule has 0 aliphatic carbocycles. The molecule has 0 saturated heterocycles. The summed E-state index contributed by atoms with van der Waals surface area (Å²) in [7, 11) is 0. The molecule has 5 N–H and O–H groups in total. The molecular weight excluding hydrogens is 430 g/mol. The highest BCUT2D eigenvalue weighted by Gasteiger charge is 2.20. The van der Waals surface area contributed by atoms with E-state index in [9.17, 15) is 4.79 Å². The van der Waals surface area contributed by atoms with Crippen molar-refractivity contribution in [1.29, 1.82) is 0 Å². The highest BCUT2D eigenvalue weighted by atomic mass is 16.5. The van der Waals surface area contributed by atoms with E-state index in [-0.39, 0.29) is 18.0 Å².